The van der Waals surface area contributed by atoms with Gasteiger partial charge < -0.3 is 10.2 Å². The second-order valence-electron chi connectivity index (χ2n) is 8.49. The van der Waals surface area contributed by atoms with Gasteiger partial charge in [0, 0.05) is 19.2 Å². The number of carbonyl (C=O) groups excluding carboxylic acids is 2. The average Bonchev–Trinajstić information content (AvgIpc) is 2.93. The highest BCUT2D eigenvalue weighted by Gasteiger charge is 2.31. The van der Waals surface area contributed by atoms with Gasteiger partial charge in [0.15, 0.2) is 0 Å². The van der Waals surface area contributed by atoms with Crippen LogP contribution >= 0.6 is 0 Å². The van der Waals surface area contributed by atoms with Crippen LogP contribution in [0.25, 0.3) is 0 Å². The second-order valence-corrected chi connectivity index (χ2v) is 8.49. The predicted molar refractivity (Wildman–Crippen MR) is 137 cm³/mol. The maximum atomic E-state index is 13.6. The number of benzene rings is 3. The molecule has 0 aliphatic rings. The molecule has 3 aromatic carbocycles. The van der Waals surface area contributed by atoms with Gasteiger partial charge in [-0.15, -0.1) is 0 Å². The van der Waals surface area contributed by atoms with Crippen LogP contribution in [0.1, 0.15) is 34.8 Å². The van der Waals surface area contributed by atoms with Crippen molar-refractivity contribution < 1.29 is 14.0 Å². The minimum absolute atomic E-state index is 0.162. The van der Waals surface area contributed by atoms with E-state index >= 15 is 0 Å². The summed E-state index contributed by atoms with van der Waals surface area (Å²) in [5, 5.41) is 2.95. The van der Waals surface area contributed by atoms with Crippen molar-refractivity contribution in [1.29, 1.82) is 0 Å². The quantitative estimate of drug-likeness (QED) is 0.337. The fourth-order valence-corrected chi connectivity index (χ4v) is 4.03. The van der Waals surface area contributed by atoms with Crippen molar-refractivity contribution in [3.05, 3.63) is 138 Å². The normalized spacial score (nSPS) is 11.5. The van der Waals surface area contributed by atoms with Gasteiger partial charge in [-0.1, -0.05) is 78.9 Å². The van der Waals surface area contributed by atoms with E-state index in [1.165, 1.54) is 12.1 Å². The highest BCUT2D eigenvalue weighted by atomic mass is 19.1. The van der Waals surface area contributed by atoms with Gasteiger partial charge >= 0.3 is 0 Å². The first-order valence-corrected chi connectivity index (χ1v) is 11.9. The van der Waals surface area contributed by atoms with E-state index in [0.717, 1.165) is 16.8 Å². The number of halogens is 1. The first kappa shape index (κ1) is 24.8. The Morgan fingerprint density at radius 1 is 0.806 bits per heavy atom. The van der Waals surface area contributed by atoms with E-state index < -0.39 is 6.04 Å². The first-order valence-electron chi connectivity index (χ1n) is 11.9. The summed E-state index contributed by atoms with van der Waals surface area (Å²) in [7, 11) is 0. The molecular weight excluding hydrogens is 453 g/mol. The van der Waals surface area contributed by atoms with E-state index in [2.05, 4.69) is 10.3 Å². The van der Waals surface area contributed by atoms with Crippen LogP contribution in [-0.2, 0) is 29.1 Å². The molecule has 0 saturated heterocycles. The fourth-order valence-electron chi connectivity index (χ4n) is 4.03. The van der Waals surface area contributed by atoms with Gasteiger partial charge in [-0.3, -0.25) is 14.6 Å². The molecule has 36 heavy (non-hydrogen) atoms. The maximum Gasteiger partial charge on any atom is 0.247 e. The molecule has 0 saturated carbocycles. The summed E-state index contributed by atoms with van der Waals surface area (Å²) >= 11 is 0. The summed E-state index contributed by atoms with van der Waals surface area (Å²) in [4.78, 5) is 33.1. The van der Waals surface area contributed by atoms with Gasteiger partial charge in [0.1, 0.15) is 11.9 Å². The molecule has 0 unspecified atom stereocenters. The molecule has 4 rings (SSSR count). The molecular formula is C30H28FN3O2. The van der Waals surface area contributed by atoms with Crippen LogP contribution in [0.2, 0.25) is 0 Å². The van der Waals surface area contributed by atoms with E-state index in [-0.39, 0.29) is 37.1 Å². The second kappa shape index (κ2) is 12.4. The van der Waals surface area contributed by atoms with E-state index in [0.29, 0.717) is 12.0 Å². The number of carbonyl (C=O) groups is 2. The van der Waals surface area contributed by atoms with Gasteiger partial charge in [-0.25, -0.2) is 4.39 Å². The van der Waals surface area contributed by atoms with E-state index in [9.17, 15) is 14.0 Å². The predicted octanol–water partition coefficient (Wildman–Crippen LogP) is 5.24. The van der Waals surface area contributed by atoms with E-state index in [1.54, 1.807) is 23.2 Å². The van der Waals surface area contributed by atoms with Crippen molar-refractivity contribution in [3.63, 3.8) is 0 Å². The molecule has 0 aliphatic carbocycles. The number of nitrogens with zero attached hydrogens (tertiary/aromatic N) is 2. The topological polar surface area (TPSA) is 62.3 Å². The first-order chi connectivity index (χ1) is 17.6. The molecule has 4 aromatic rings. The molecule has 0 fully saturated rings. The van der Waals surface area contributed by atoms with Gasteiger partial charge in [-0.05, 0) is 47.4 Å². The smallest absolute Gasteiger partial charge is 0.247 e. The van der Waals surface area contributed by atoms with Gasteiger partial charge in [-0.2, -0.15) is 0 Å². The summed E-state index contributed by atoms with van der Waals surface area (Å²) in [5.74, 6) is -0.819. The van der Waals surface area contributed by atoms with Gasteiger partial charge in [0.2, 0.25) is 11.8 Å². The number of hydrogen-bond acceptors (Lipinski definition) is 3. The van der Waals surface area contributed by atoms with Crippen molar-refractivity contribution in [2.75, 3.05) is 0 Å². The van der Waals surface area contributed by atoms with Crippen LogP contribution in [0.4, 0.5) is 4.39 Å². The lowest BCUT2D eigenvalue weighted by atomic mass is 10.0. The highest BCUT2D eigenvalue weighted by molar-refractivity contribution is 5.88. The van der Waals surface area contributed by atoms with Crippen molar-refractivity contribution in [1.82, 2.24) is 15.2 Å². The Morgan fingerprint density at radius 3 is 2.14 bits per heavy atom. The molecule has 0 aliphatic heterocycles. The minimum atomic E-state index is -0.858. The summed E-state index contributed by atoms with van der Waals surface area (Å²) in [5.41, 5.74) is 3.20. The molecule has 5 nitrogen and oxygen atoms in total. The number of pyridine rings is 1. The summed E-state index contributed by atoms with van der Waals surface area (Å²) < 4.78 is 13.6. The lowest BCUT2D eigenvalue weighted by molar-refractivity contribution is -0.141. The molecule has 0 spiro atoms. The minimum Gasteiger partial charge on any atom is -0.348 e. The molecule has 0 radical (unpaired) electrons. The number of aryl methyl sites for hydroxylation is 1. The zero-order valence-electron chi connectivity index (χ0n) is 19.9. The summed E-state index contributed by atoms with van der Waals surface area (Å²) in [6.45, 7) is 0.413. The van der Waals surface area contributed by atoms with Crippen LogP contribution in [0.3, 0.4) is 0 Å². The lowest BCUT2D eigenvalue weighted by Crippen LogP contribution is -2.43. The molecule has 2 amide bonds. The Bertz CT molecular complexity index is 1250. The van der Waals surface area contributed by atoms with Crippen molar-refractivity contribution >= 4 is 11.8 Å². The van der Waals surface area contributed by atoms with Crippen molar-refractivity contribution in [2.45, 2.75) is 32.0 Å². The fraction of sp³-hybridized carbons (Fsp3) is 0.167. The molecule has 1 atom stereocenters. The summed E-state index contributed by atoms with van der Waals surface area (Å²) in [6, 6.07) is 29.7. The molecule has 6 heteroatoms. The zero-order valence-corrected chi connectivity index (χ0v) is 19.9. The van der Waals surface area contributed by atoms with Gasteiger partial charge in [0.25, 0.3) is 0 Å². The van der Waals surface area contributed by atoms with Crippen LogP contribution in [0, 0.1) is 5.82 Å². The standard InChI is InChI=1S/C30H28FN3O2/c31-26-17-14-24(15-18-26)22-34(28(35)19-16-23-9-3-1-4-10-23)29(25-11-5-2-6-12-25)30(36)33-21-27-13-7-8-20-32-27/h1-15,17-18,20,29H,16,19,21-22H2,(H,33,36)/t29-/m1/s1. The number of nitrogens with one attached hydrogen (secondary N) is 1. The molecule has 1 heterocycles. The maximum absolute atomic E-state index is 13.6. The number of rotatable bonds is 10. The van der Waals surface area contributed by atoms with Crippen LogP contribution in [0.15, 0.2) is 109 Å². The van der Waals surface area contributed by atoms with Gasteiger partial charge in [0.05, 0.1) is 12.2 Å². The van der Waals surface area contributed by atoms with Crippen LogP contribution in [0.5, 0.6) is 0 Å². The van der Waals surface area contributed by atoms with E-state index in [1.807, 2.05) is 78.9 Å². The Balaban J connectivity index is 1.62. The molecule has 0 bridgehead atoms. The summed E-state index contributed by atoms with van der Waals surface area (Å²) in [6.07, 6.45) is 2.46. The Morgan fingerprint density at radius 2 is 1.47 bits per heavy atom. The zero-order chi connectivity index (χ0) is 25.2. The Labute approximate surface area is 210 Å². The Kier molecular flexibility index (Phi) is 8.54. The SMILES string of the molecule is O=C(NCc1ccccn1)[C@@H](c1ccccc1)N(Cc1ccc(F)cc1)C(=O)CCc1ccccc1. The third kappa shape index (κ3) is 6.85. The molecule has 182 valence electrons. The number of aromatic nitrogens is 1. The average molecular weight is 482 g/mol. The molecule has 1 aromatic heterocycles. The number of amides is 2. The largest absolute Gasteiger partial charge is 0.348 e. The van der Waals surface area contributed by atoms with E-state index in [4.69, 9.17) is 0 Å². The van der Waals surface area contributed by atoms with Crippen LogP contribution in [-0.4, -0.2) is 21.7 Å². The lowest BCUT2D eigenvalue weighted by Gasteiger charge is -2.32. The highest BCUT2D eigenvalue weighted by Crippen LogP contribution is 2.25. The Hall–Kier alpha value is -4.32. The van der Waals surface area contributed by atoms with Crippen LogP contribution < -0.4 is 5.32 Å². The third-order valence-corrected chi connectivity index (χ3v) is 5.90. The van der Waals surface area contributed by atoms with Crippen molar-refractivity contribution in [2.24, 2.45) is 0 Å². The number of hydrogen-bond donors (Lipinski definition) is 1. The molecule has 1 N–H and O–H groups in total. The monoisotopic (exact) mass is 481 g/mol. The van der Waals surface area contributed by atoms with Crippen molar-refractivity contribution in [3.8, 4) is 0 Å². The third-order valence-electron chi connectivity index (χ3n) is 5.90.